The molecule has 2 aliphatic heterocycles. The summed E-state index contributed by atoms with van der Waals surface area (Å²) in [6.07, 6.45) is 1.57. The van der Waals surface area contributed by atoms with Crippen LogP contribution in [-0.4, -0.2) is 71.7 Å². The number of hydrogen-bond acceptors (Lipinski definition) is 9. The SMILES string of the molecule is CCOC(=O)C1=C(CN2CCOCC2C(=O)O)NC(c2nccs2)=NC1c1ccc(F)c(F)c1Cl. The van der Waals surface area contributed by atoms with Crippen LogP contribution in [0.4, 0.5) is 8.78 Å². The van der Waals surface area contributed by atoms with E-state index in [-0.39, 0.29) is 36.7 Å². The number of aromatic nitrogens is 1. The van der Waals surface area contributed by atoms with Crippen molar-refractivity contribution < 1.29 is 33.0 Å². The minimum Gasteiger partial charge on any atom is -0.480 e. The summed E-state index contributed by atoms with van der Waals surface area (Å²) in [6.45, 7) is 2.24. The highest BCUT2D eigenvalue weighted by Gasteiger charge is 2.37. The van der Waals surface area contributed by atoms with E-state index in [1.165, 1.54) is 17.4 Å². The van der Waals surface area contributed by atoms with Gasteiger partial charge in [0, 0.05) is 35.9 Å². The van der Waals surface area contributed by atoms with Crippen molar-refractivity contribution in [2.75, 3.05) is 32.9 Å². The number of carboxylic acids is 1. The van der Waals surface area contributed by atoms with E-state index in [0.717, 1.165) is 6.07 Å². The number of hydrogen-bond donors (Lipinski definition) is 2. The molecule has 2 N–H and O–H groups in total. The monoisotopic (exact) mass is 526 g/mol. The Morgan fingerprint density at radius 2 is 2.20 bits per heavy atom. The van der Waals surface area contributed by atoms with Crippen LogP contribution in [-0.2, 0) is 19.1 Å². The van der Waals surface area contributed by atoms with Crippen molar-refractivity contribution in [1.29, 1.82) is 0 Å². The highest BCUT2D eigenvalue weighted by atomic mass is 35.5. The molecule has 0 aliphatic carbocycles. The Labute approximate surface area is 208 Å². The first-order valence-corrected chi connectivity index (χ1v) is 11.9. The summed E-state index contributed by atoms with van der Waals surface area (Å²) in [6, 6.07) is 0.0537. The summed E-state index contributed by atoms with van der Waals surface area (Å²) in [4.78, 5) is 35.4. The van der Waals surface area contributed by atoms with Gasteiger partial charge in [-0.1, -0.05) is 17.7 Å². The Morgan fingerprint density at radius 3 is 2.89 bits per heavy atom. The number of esters is 1. The smallest absolute Gasteiger partial charge is 0.338 e. The van der Waals surface area contributed by atoms with Crippen molar-refractivity contribution in [2.24, 2.45) is 4.99 Å². The second-order valence-electron chi connectivity index (χ2n) is 7.62. The van der Waals surface area contributed by atoms with E-state index >= 15 is 0 Å². The van der Waals surface area contributed by atoms with Gasteiger partial charge in [0.05, 0.1) is 30.4 Å². The third-order valence-electron chi connectivity index (χ3n) is 5.50. The lowest BCUT2D eigenvalue weighted by molar-refractivity contribution is -0.149. The summed E-state index contributed by atoms with van der Waals surface area (Å²) in [5.41, 5.74) is 0.358. The molecular formula is C22H21ClF2N4O5S. The Bertz CT molecular complexity index is 1190. The number of ether oxygens (including phenoxy) is 2. The third-order valence-corrected chi connectivity index (χ3v) is 6.67. The molecule has 3 heterocycles. The lowest BCUT2D eigenvalue weighted by atomic mass is 9.94. The van der Waals surface area contributed by atoms with Crippen molar-refractivity contribution in [2.45, 2.75) is 19.0 Å². The number of nitrogens with one attached hydrogen (secondary N) is 1. The molecule has 0 saturated carbocycles. The van der Waals surface area contributed by atoms with Crippen LogP contribution in [0, 0.1) is 11.6 Å². The van der Waals surface area contributed by atoms with Gasteiger partial charge in [-0.15, -0.1) is 11.3 Å². The summed E-state index contributed by atoms with van der Waals surface area (Å²) in [7, 11) is 0. The van der Waals surface area contributed by atoms with Crippen LogP contribution >= 0.6 is 22.9 Å². The van der Waals surface area contributed by atoms with Crippen LogP contribution < -0.4 is 5.32 Å². The fourth-order valence-electron chi connectivity index (χ4n) is 3.85. The molecule has 4 rings (SSSR count). The minimum absolute atomic E-state index is 0.00331. The Morgan fingerprint density at radius 1 is 1.40 bits per heavy atom. The lowest BCUT2D eigenvalue weighted by Gasteiger charge is -2.35. The van der Waals surface area contributed by atoms with Gasteiger partial charge in [-0.3, -0.25) is 14.7 Å². The van der Waals surface area contributed by atoms with Gasteiger partial charge in [0.2, 0.25) is 0 Å². The number of carboxylic acid groups (broad SMARTS) is 1. The van der Waals surface area contributed by atoms with Gasteiger partial charge in [0.1, 0.15) is 12.1 Å². The third kappa shape index (κ3) is 5.20. The average molecular weight is 527 g/mol. The molecule has 2 aliphatic rings. The maximum atomic E-state index is 14.4. The van der Waals surface area contributed by atoms with Crippen molar-refractivity contribution in [3.8, 4) is 0 Å². The highest BCUT2D eigenvalue weighted by Crippen LogP contribution is 2.38. The van der Waals surface area contributed by atoms with Gasteiger partial charge >= 0.3 is 11.9 Å². The van der Waals surface area contributed by atoms with E-state index < -0.39 is 40.7 Å². The highest BCUT2D eigenvalue weighted by molar-refractivity contribution is 7.11. The number of rotatable bonds is 7. The van der Waals surface area contributed by atoms with Crippen molar-refractivity contribution >= 4 is 40.7 Å². The number of carbonyl (C=O) groups is 2. The van der Waals surface area contributed by atoms with Gasteiger partial charge in [0.15, 0.2) is 22.5 Å². The molecule has 186 valence electrons. The molecule has 2 atom stereocenters. The topological polar surface area (TPSA) is 113 Å². The van der Waals surface area contributed by atoms with Crippen LogP contribution in [0.15, 0.2) is 40.0 Å². The molecule has 13 heteroatoms. The summed E-state index contributed by atoms with van der Waals surface area (Å²) < 4.78 is 38.8. The Hall–Kier alpha value is -2.93. The van der Waals surface area contributed by atoms with Crippen LogP contribution in [0.2, 0.25) is 5.02 Å². The number of halogens is 3. The Balaban J connectivity index is 1.86. The molecule has 1 aromatic carbocycles. The molecule has 0 amide bonds. The number of amidine groups is 1. The van der Waals surface area contributed by atoms with E-state index in [9.17, 15) is 23.5 Å². The summed E-state index contributed by atoms with van der Waals surface area (Å²) in [5.74, 6) is -3.96. The summed E-state index contributed by atoms with van der Waals surface area (Å²) >= 11 is 7.43. The molecule has 1 saturated heterocycles. The quantitative estimate of drug-likeness (QED) is 0.418. The largest absolute Gasteiger partial charge is 0.480 e. The van der Waals surface area contributed by atoms with E-state index in [4.69, 9.17) is 21.1 Å². The second-order valence-corrected chi connectivity index (χ2v) is 8.89. The second kappa shape index (κ2) is 10.8. The molecule has 2 unspecified atom stereocenters. The number of carbonyl (C=O) groups excluding carboxylic acids is 1. The zero-order valence-corrected chi connectivity index (χ0v) is 20.0. The summed E-state index contributed by atoms with van der Waals surface area (Å²) in [5, 5.41) is 14.4. The van der Waals surface area contributed by atoms with E-state index in [2.05, 4.69) is 15.3 Å². The molecule has 1 aromatic heterocycles. The van der Waals surface area contributed by atoms with Crippen molar-refractivity contribution in [3.63, 3.8) is 0 Å². The van der Waals surface area contributed by atoms with Gasteiger partial charge < -0.3 is 19.9 Å². The number of benzene rings is 1. The van der Waals surface area contributed by atoms with Crippen LogP contribution in [0.25, 0.3) is 0 Å². The number of nitrogens with zero attached hydrogens (tertiary/aromatic N) is 3. The molecule has 2 aromatic rings. The fourth-order valence-corrected chi connectivity index (χ4v) is 4.70. The number of morpholine rings is 1. The van der Waals surface area contributed by atoms with Gasteiger partial charge in [-0.25, -0.2) is 18.6 Å². The van der Waals surface area contributed by atoms with E-state index in [0.29, 0.717) is 23.9 Å². The van der Waals surface area contributed by atoms with Crippen LogP contribution in [0.1, 0.15) is 23.5 Å². The first-order valence-electron chi connectivity index (χ1n) is 10.6. The molecule has 9 nitrogen and oxygen atoms in total. The van der Waals surface area contributed by atoms with Gasteiger partial charge in [-0.2, -0.15) is 0 Å². The normalized spacial score (nSPS) is 20.9. The predicted molar refractivity (Wildman–Crippen MR) is 123 cm³/mol. The molecule has 1 fully saturated rings. The maximum Gasteiger partial charge on any atom is 0.338 e. The first kappa shape index (κ1) is 25.2. The van der Waals surface area contributed by atoms with Crippen molar-refractivity contribution in [3.05, 3.63) is 62.2 Å². The maximum absolute atomic E-state index is 14.4. The Kier molecular flexibility index (Phi) is 7.75. The molecular weight excluding hydrogens is 506 g/mol. The first-order chi connectivity index (χ1) is 16.8. The van der Waals surface area contributed by atoms with Crippen LogP contribution in [0.3, 0.4) is 0 Å². The van der Waals surface area contributed by atoms with Crippen LogP contribution in [0.5, 0.6) is 0 Å². The van der Waals surface area contributed by atoms with E-state index in [1.807, 2.05) is 0 Å². The number of aliphatic imine (C=N–C) groups is 1. The predicted octanol–water partition coefficient (Wildman–Crippen LogP) is 2.77. The fraction of sp³-hybridized carbons (Fsp3) is 0.364. The molecule has 0 bridgehead atoms. The standard InChI is InChI=1S/C22H21ClF2N4O5S/c1-2-34-22(32)15-13(9-29-6-7-33-10-14(29)21(30)31)27-19(20-26-5-8-35-20)28-18(15)11-3-4-12(24)17(25)16(11)23/h3-5,8,14,18H,2,6-7,9-10H2,1H3,(H,27,28)(H,30,31). The van der Waals surface area contributed by atoms with E-state index in [1.54, 1.807) is 23.4 Å². The molecule has 0 radical (unpaired) electrons. The van der Waals surface area contributed by atoms with Gasteiger partial charge in [0.25, 0.3) is 0 Å². The minimum atomic E-state index is -1.27. The lowest BCUT2D eigenvalue weighted by Crippen LogP contribution is -2.52. The molecule has 0 spiro atoms. The zero-order chi connectivity index (χ0) is 25.1. The number of thiazole rings is 1. The average Bonchev–Trinajstić information content (AvgIpc) is 3.38. The van der Waals surface area contributed by atoms with Gasteiger partial charge in [-0.05, 0) is 13.0 Å². The number of aliphatic carboxylic acids is 1. The van der Waals surface area contributed by atoms with Crippen molar-refractivity contribution in [1.82, 2.24) is 15.2 Å². The molecule has 35 heavy (non-hydrogen) atoms. The zero-order valence-electron chi connectivity index (χ0n) is 18.5.